The molecule has 0 heterocycles. The summed E-state index contributed by atoms with van der Waals surface area (Å²) in [5.74, 6) is 5.90. The number of rotatable bonds is 5. The fourth-order valence-electron chi connectivity index (χ4n) is 2.62. The van der Waals surface area contributed by atoms with Gasteiger partial charge in [0.05, 0.1) is 5.92 Å². The lowest BCUT2D eigenvalue weighted by molar-refractivity contribution is -0.122. The molecule has 1 atom stereocenters. The second-order valence-corrected chi connectivity index (χ2v) is 6.83. The van der Waals surface area contributed by atoms with Crippen molar-refractivity contribution in [3.05, 3.63) is 35.4 Å². The van der Waals surface area contributed by atoms with Gasteiger partial charge in [0.25, 0.3) is 0 Å². The van der Waals surface area contributed by atoms with Crippen molar-refractivity contribution >= 4 is 17.7 Å². The van der Waals surface area contributed by atoms with E-state index in [2.05, 4.69) is 29.3 Å². The number of hydrogen-bond donors (Lipinski definition) is 2. The van der Waals surface area contributed by atoms with Crippen LogP contribution in [0, 0.1) is 0 Å². The van der Waals surface area contributed by atoms with Crippen LogP contribution < -0.4 is 11.3 Å². The summed E-state index contributed by atoms with van der Waals surface area (Å²) in [5.41, 5.74) is 4.55. The van der Waals surface area contributed by atoms with E-state index in [-0.39, 0.29) is 11.8 Å². The van der Waals surface area contributed by atoms with E-state index in [4.69, 9.17) is 5.84 Å². The third kappa shape index (κ3) is 4.25. The molecule has 0 bridgehead atoms. The van der Waals surface area contributed by atoms with E-state index >= 15 is 0 Å². The van der Waals surface area contributed by atoms with Crippen LogP contribution in [0.15, 0.2) is 24.3 Å². The summed E-state index contributed by atoms with van der Waals surface area (Å²) >= 11 is 2.08. The van der Waals surface area contributed by atoms with Gasteiger partial charge in [0, 0.05) is 11.0 Å². The number of thioether (sulfide) groups is 1. The van der Waals surface area contributed by atoms with Crippen molar-refractivity contribution in [2.24, 2.45) is 5.84 Å². The Balaban J connectivity index is 1.86. The van der Waals surface area contributed by atoms with Crippen molar-refractivity contribution < 1.29 is 4.79 Å². The summed E-state index contributed by atoms with van der Waals surface area (Å²) in [6.45, 7) is 1.87. The predicted octanol–water partition coefficient (Wildman–Crippen LogP) is 3.35. The minimum atomic E-state index is -0.194. The zero-order valence-electron chi connectivity index (χ0n) is 12.1. The summed E-state index contributed by atoms with van der Waals surface area (Å²) in [5, 5.41) is 0.838. The van der Waals surface area contributed by atoms with Gasteiger partial charge in [0.15, 0.2) is 0 Å². The molecule has 0 aliphatic heterocycles. The van der Waals surface area contributed by atoms with E-state index in [9.17, 15) is 4.79 Å². The number of hydrazine groups is 1. The Hall–Kier alpha value is -1.00. The van der Waals surface area contributed by atoms with Gasteiger partial charge in [-0.25, -0.2) is 5.84 Å². The van der Waals surface area contributed by atoms with Crippen LogP contribution in [0.5, 0.6) is 0 Å². The van der Waals surface area contributed by atoms with Crippen LogP contribution in [0.25, 0.3) is 0 Å². The zero-order valence-corrected chi connectivity index (χ0v) is 12.9. The molecule has 4 heteroatoms. The summed E-state index contributed by atoms with van der Waals surface area (Å²) in [6, 6.07) is 8.34. The molecule has 3 nitrogen and oxygen atoms in total. The minimum absolute atomic E-state index is 0.144. The molecule has 1 amide bonds. The van der Waals surface area contributed by atoms with Crippen LogP contribution in [0.2, 0.25) is 0 Å². The largest absolute Gasteiger partial charge is 0.294 e. The third-order valence-electron chi connectivity index (χ3n) is 4.05. The van der Waals surface area contributed by atoms with E-state index in [0.717, 1.165) is 16.6 Å². The maximum atomic E-state index is 11.5. The van der Waals surface area contributed by atoms with E-state index in [1.54, 1.807) is 0 Å². The molecule has 2 rings (SSSR count). The van der Waals surface area contributed by atoms with Gasteiger partial charge in [0.1, 0.15) is 0 Å². The molecule has 0 spiro atoms. The fourth-order valence-corrected chi connectivity index (χ4v) is 3.91. The molecule has 1 aromatic carbocycles. The molecular weight excluding hydrogens is 268 g/mol. The fraction of sp³-hybridized carbons (Fsp3) is 0.562. The van der Waals surface area contributed by atoms with Gasteiger partial charge in [0.2, 0.25) is 5.91 Å². The van der Waals surface area contributed by atoms with Crippen molar-refractivity contribution in [1.82, 2.24) is 5.43 Å². The van der Waals surface area contributed by atoms with Crippen molar-refractivity contribution in [2.75, 3.05) is 0 Å². The molecule has 1 fully saturated rings. The van der Waals surface area contributed by atoms with E-state index in [1.807, 2.05) is 19.1 Å². The average Bonchev–Trinajstić information content (AvgIpc) is 2.53. The highest BCUT2D eigenvalue weighted by Crippen LogP contribution is 2.30. The highest BCUT2D eigenvalue weighted by atomic mass is 32.2. The molecule has 3 N–H and O–H groups in total. The molecule has 0 aromatic heterocycles. The molecule has 20 heavy (non-hydrogen) atoms. The monoisotopic (exact) mass is 292 g/mol. The molecule has 110 valence electrons. The minimum Gasteiger partial charge on any atom is -0.294 e. The standard InChI is InChI=1S/C16H24N2OS/c1-12(16(19)18-17)14-9-7-13(8-10-14)11-20-15-5-3-2-4-6-15/h7-10,12,15H,2-6,11,17H2,1H3,(H,18,19). The number of nitrogens with two attached hydrogens (primary N) is 1. The van der Waals surface area contributed by atoms with Gasteiger partial charge in [-0.1, -0.05) is 43.5 Å². The molecule has 1 unspecified atom stereocenters. The van der Waals surface area contributed by atoms with Crippen molar-refractivity contribution in [2.45, 2.75) is 55.9 Å². The Morgan fingerprint density at radius 2 is 1.95 bits per heavy atom. The lowest BCUT2D eigenvalue weighted by Gasteiger charge is -2.21. The lowest BCUT2D eigenvalue weighted by atomic mass is 9.99. The Bertz CT molecular complexity index is 427. The van der Waals surface area contributed by atoms with Crippen LogP contribution in [0.4, 0.5) is 0 Å². The first kappa shape index (κ1) is 15.4. The van der Waals surface area contributed by atoms with Gasteiger partial charge < -0.3 is 0 Å². The Morgan fingerprint density at radius 3 is 2.55 bits per heavy atom. The Kier molecular flexibility index (Phi) is 5.92. The SMILES string of the molecule is CC(C(=O)NN)c1ccc(CSC2CCCCC2)cc1. The molecule has 1 aliphatic rings. The number of benzene rings is 1. The number of nitrogens with one attached hydrogen (secondary N) is 1. The summed E-state index contributed by atoms with van der Waals surface area (Å²) in [4.78, 5) is 11.5. The number of carbonyl (C=O) groups excluding carboxylic acids is 1. The van der Waals surface area contributed by atoms with Crippen LogP contribution in [0.3, 0.4) is 0 Å². The second kappa shape index (κ2) is 7.70. The molecule has 0 saturated heterocycles. The number of hydrogen-bond acceptors (Lipinski definition) is 3. The van der Waals surface area contributed by atoms with Gasteiger partial charge in [-0.05, 0) is 30.9 Å². The predicted molar refractivity (Wildman–Crippen MR) is 85.4 cm³/mol. The first-order valence-electron chi connectivity index (χ1n) is 7.41. The van der Waals surface area contributed by atoms with Gasteiger partial charge in [-0.2, -0.15) is 11.8 Å². The third-order valence-corrected chi connectivity index (χ3v) is 5.50. The topological polar surface area (TPSA) is 55.1 Å². The quantitative estimate of drug-likeness (QED) is 0.497. The number of amides is 1. The van der Waals surface area contributed by atoms with E-state index in [0.29, 0.717) is 0 Å². The molecule has 0 radical (unpaired) electrons. The van der Waals surface area contributed by atoms with Gasteiger partial charge >= 0.3 is 0 Å². The zero-order chi connectivity index (χ0) is 14.4. The van der Waals surface area contributed by atoms with E-state index < -0.39 is 0 Å². The van der Waals surface area contributed by atoms with Crippen LogP contribution >= 0.6 is 11.8 Å². The smallest absolute Gasteiger partial charge is 0.241 e. The normalized spacial score (nSPS) is 17.7. The first-order chi connectivity index (χ1) is 9.70. The van der Waals surface area contributed by atoms with Crippen molar-refractivity contribution in [3.8, 4) is 0 Å². The highest BCUT2D eigenvalue weighted by molar-refractivity contribution is 7.99. The Morgan fingerprint density at radius 1 is 1.30 bits per heavy atom. The van der Waals surface area contributed by atoms with Crippen molar-refractivity contribution in [3.63, 3.8) is 0 Å². The molecular formula is C16H24N2OS. The van der Waals surface area contributed by atoms with Gasteiger partial charge in [-0.3, -0.25) is 10.2 Å². The maximum Gasteiger partial charge on any atom is 0.241 e. The van der Waals surface area contributed by atoms with Crippen LogP contribution in [-0.4, -0.2) is 11.2 Å². The lowest BCUT2D eigenvalue weighted by Crippen LogP contribution is -2.33. The summed E-state index contributed by atoms with van der Waals surface area (Å²) in [7, 11) is 0. The van der Waals surface area contributed by atoms with Crippen molar-refractivity contribution in [1.29, 1.82) is 0 Å². The first-order valence-corrected chi connectivity index (χ1v) is 8.46. The Labute approximate surface area is 125 Å². The molecule has 1 aromatic rings. The summed E-state index contributed by atoms with van der Waals surface area (Å²) < 4.78 is 0. The van der Waals surface area contributed by atoms with Crippen LogP contribution in [-0.2, 0) is 10.5 Å². The maximum absolute atomic E-state index is 11.5. The molecule has 1 aliphatic carbocycles. The number of carbonyl (C=O) groups is 1. The van der Waals surface area contributed by atoms with Gasteiger partial charge in [-0.15, -0.1) is 0 Å². The summed E-state index contributed by atoms with van der Waals surface area (Å²) in [6.07, 6.45) is 6.93. The molecule has 1 saturated carbocycles. The average molecular weight is 292 g/mol. The highest BCUT2D eigenvalue weighted by Gasteiger charge is 2.15. The van der Waals surface area contributed by atoms with Crippen LogP contribution in [0.1, 0.15) is 56.1 Å². The second-order valence-electron chi connectivity index (χ2n) is 5.54. The van der Waals surface area contributed by atoms with E-state index in [1.165, 1.54) is 37.7 Å².